The normalized spacial score (nSPS) is 12.6. The van der Waals surface area contributed by atoms with Crippen molar-refractivity contribution in [3.8, 4) is 5.75 Å². The summed E-state index contributed by atoms with van der Waals surface area (Å²) in [6, 6.07) is 5.73. The topological polar surface area (TPSA) is 9.23 Å². The van der Waals surface area contributed by atoms with E-state index in [1.807, 2.05) is 25.1 Å². The van der Waals surface area contributed by atoms with Crippen LogP contribution in [-0.4, -0.2) is 13.8 Å². The molecule has 0 aliphatic carbocycles. The fourth-order valence-electron chi connectivity index (χ4n) is 1.11. The van der Waals surface area contributed by atoms with Gasteiger partial charge in [0, 0.05) is 9.49 Å². The highest BCUT2D eigenvalue weighted by molar-refractivity contribution is 14.1. The average molecular weight is 294 g/mol. The molecule has 1 unspecified atom stereocenters. The maximum Gasteiger partial charge on any atom is 0.119 e. The molecule has 0 saturated heterocycles. The fourth-order valence-corrected chi connectivity index (χ4v) is 1.98. The Labute approximate surface area is 91.4 Å². The van der Waals surface area contributed by atoms with Gasteiger partial charge in [0.1, 0.15) is 5.75 Å². The van der Waals surface area contributed by atoms with E-state index < -0.39 is 0 Å². The Morgan fingerprint density at radius 2 is 2.23 bits per heavy atom. The Morgan fingerprint density at radius 1 is 1.54 bits per heavy atom. The van der Waals surface area contributed by atoms with Crippen LogP contribution < -0.4 is 4.74 Å². The number of benzene rings is 1. The van der Waals surface area contributed by atoms with Crippen LogP contribution in [0.25, 0.3) is 0 Å². The first-order valence-corrected chi connectivity index (χ1v) is 5.16. The zero-order chi connectivity index (χ0) is 9.84. The van der Waals surface area contributed by atoms with E-state index >= 15 is 0 Å². The quantitative estimate of drug-likeness (QED) is 0.777. The lowest BCUT2D eigenvalue weighted by Crippen LogP contribution is -1.99. The van der Waals surface area contributed by atoms with Crippen molar-refractivity contribution in [2.75, 3.05) is 13.8 Å². The molecule has 1 rings (SSSR count). The summed E-state index contributed by atoms with van der Waals surface area (Å²) in [6.07, 6.45) is 0. The summed E-state index contributed by atoms with van der Waals surface area (Å²) in [4.78, 5) is 0. The first-order chi connectivity index (χ1) is 6.19. The lowest BCUT2D eigenvalue weighted by molar-refractivity contribution is 0.411. The van der Waals surface area contributed by atoms with Crippen LogP contribution in [-0.2, 0) is 0 Å². The summed E-state index contributed by atoms with van der Waals surface area (Å²) in [5.74, 6) is 0.734. The lowest BCUT2D eigenvalue weighted by Gasteiger charge is -2.11. The maximum absolute atomic E-state index is 12.4. The number of halogens is 2. The largest absolute Gasteiger partial charge is 0.497 e. The van der Waals surface area contributed by atoms with Gasteiger partial charge in [-0.05, 0) is 46.4 Å². The second-order valence-corrected chi connectivity index (χ2v) is 4.10. The smallest absolute Gasteiger partial charge is 0.119 e. The van der Waals surface area contributed by atoms with Crippen LogP contribution in [0.15, 0.2) is 18.2 Å². The second kappa shape index (κ2) is 4.79. The Hall–Kier alpha value is -0.320. The van der Waals surface area contributed by atoms with Gasteiger partial charge in [0.05, 0.1) is 13.8 Å². The van der Waals surface area contributed by atoms with Crippen molar-refractivity contribution < 1.29 is 9.13 Å². The Balaban J connectivity index is 3.03. The van der Waals surface area contributed by atoms with E-state index in [1.165, 1.54) is 0 Å². The third kappa shape index (κ3) is 2.56. The number of ether oxygens (including phenoxy) is 1. The Kier molecular flexibility index (Phi) is 3.96. The molecule has 0 amide bonds. The zero-order valence-corrected chi connectivity index (χ0v) is 9.84. The van der Waals surface area contributed by atoms with Gasteiger partial charge >= 0.3 is 0 Å². The molecule has 0 aliphatic rings. The fraction of sp³-hybridized carbons (Fsp3) is 0.400. The number of methoxy groups -OCH3 is 1. The minimum atomic E-state index is -0.330. The Morgan fingerprint density at radius 3 is 2.77 bits per heavy atom. The van der Waals surface area contributed by atoms with E-state index in [4.69, 9.17) is 4.74 Å². The number of alkyl halides is 1. The van der Waals surface area contributed by atoms with Crippen LogP contribution in [0.3, 0.4) is 0 Å². The van der Waals surface area contributed by atoms with Gasteiger partial charge in [-0.25, -0.2) is 0 Å². The molecule has 13 heavy (non-hydrogen) atoms. The van der Waals surface area contributed by atoms with Gasteiger partial charge in [-0.2, -0.15) is 0 Å². The van der Waals surface area contributed by atoms with Crippen LogP contribution in [0, 0.1) is 3.57 Å². The molecule has 0 N–H and O–H groups in total. The second-order valence-electron chi connectivity index (χ2n) is 2.94. The van der Waals surface area contributed by atoms with Gasteiger partial charge in [-0.1, -0.05) is 6.92 Å². The zero-order valence-electron chi connectivity index (χ0n) is 7.68. The van der Waals surface area contributed by atoms with Crippen LogP contribution in [0.2, 0.25) is 0 Å². The van der Waals surface area contributed by atoms with Gasteiger partial charge in [0.2, 0.25) is 0 Å². The maximum atomic E-state index is 12.4. The van der Waals surface area contributed by atoms with Gasteiger partial charge in [0.25, 0.3) is 0 Å². The molecule has 0 saturated carbocycles. The van der Waals surface area contributed by atoms with Crippen LogP contribution in [0.1, 0.15) is 18.4 Å². The van der Waals surface area contributed by atoms with Crippen molar-refractivity contribution in [2.24, 2.45) is 0 Å². The molecule has 0 bridgehead atoms. The van der Waals surface area contributed by atoms with E-state index in [2.05, 4.69) is 22.6 Å². The molecule has 1 aromatic rings. The van der Waals surface area contributed by atoms with E-state index in [-0.39, 0.29) is 12.6 Å². The molecule has 0 heterocycles. The summed E-state index contributed by atoms with van der Waals surface area (Å²) in [5.41, 5.74) is 1.02. The monoisotopic (exact) mass is 294 g/mol. The van der Waals surface area contributed by atoms with E-state index in [0.29, 0.717) is 0 Å². The third-order valence-electron chi connectivity index (χ3n) is 1.97. The third-order valence-corrected chi connectivity index (χ3v) is 2.95. The molecule has 1 nitrogen and oxygen atoms in total. The highest BCUT2D eigenvalue weighted by Gasteiger charge is 2.09. The van der Waals surface area contributed by atoms with E-state index in [1.54, 1.807) is 7.11 Å². The molecule has 1 atom stereocenters. The van der Waals surface area contributed by atoms with Crippen molar-refractivity contribution >= 4 is 22.6 Å². The molecular formula is C10H12FIO. The minimum absolute atomic E-state index is 0.0537. The van der Waals surface area contributed by atoms with E-state index in [0.717, 1.165) is 14.9 Å². The standard InChI is InChI=1S/C10H12FIO/c1-7(6-11)9-5-8(13-2)3-4-10(9)12/h3-5,7H,6H2,1-2H3. The van der Waals surface area contributed by atoms with Crippen molar-refractivity contribution in [2.45, 2.75) is 12.8 Å². The summed E-state index contributed by atoms with van der Waals surface area (Å²) in [7, 11) is 1.62. The molecule has 0 spiro atoms. The average Bonchev–Trinajstić information content (AvgIpc) is 2.17. The molecule has 0 aromatic heterocycles. The van der Waals surface area contributed by atoms with Crippen molar-refractivity contribution in [3.05, 3.63) is 27.3 Å². The highest BCUT2D eigenvalue weighted by Crippen LogP contribution is 2.26. The van der Waals surface area contributed by atoms with Gasteiger partial charge in [-0.3, -0.25) is 4.39 Å². The first kappa shape index (κ1) is 10.8. The summed E-state index contributed by atoms with van der Waals surface area (Å²) >= 11 is 2.21. The van der Waals surface area contributed by atoms with Crippen LogP contribution >= 0.6 is 22.6 Å². The molecule has 1 aromatic carbocycles. The predicted molar refractivity (Wildman–Crippen MR) is 60.1 cm³/mol. The summed E-state index contributed by atoms with van der Waals surface area (Å²) in [5, 5.41) is 0. The molecule has 0 radical (unpaired) electrons. The SMILES string of the molecule is COc1ccc(I)c(C(C)CF)c1. The van der Waals surface area contributed by atoms with Crippen molar-refractivity contribution in [1.29, 1.82) is 0 Å². The summed E-state index contributed by atoms with van der Waals surface area (Å²) in [6.45, 7) is 1.54. The van der Waals surface area contributed by atoms with Crippen molar-refractivity contribution in [1.82, 2.24) is 0 Å². The molecular weight excluding hydrogens is 282 g/mol. The highest BCUT2D eigenvalue weighted by atomic mass is 127. The number of hydrogen-bond acceptors (Lipinski definition) is 1. The van der Waals surface area contributed by atoms with Gasteiger partial charge in [-0.15, -0.1) is 0 Å². The van der Waals surface area contributed by atoms with Crippen LogP contribution in [0.5, 0.6) is 5.75 Å². The Bertz CT molecular complexity index is 288. The number of rotatable bonds is 3. The van der Waals surface area contributed by atoms with Crippen LogP contribution in [0.4, 0.5) is 4.39 Å². The molecule has 0 aliphatic heterocycles. The predicted octanol–water partition coefficient (Wildman–Crippen LogP) is 3.37. The van der Waals surface area contributed by atoms with E-state index in [9.17, 15) is 4.39 Å². The first-order valence-electron chi connectivity index (χ1n) is 4.08. The molecule has 72 valence electrons. The van der Waals surface area contributed by atoms with Crippen molar-refractivity contribution in [3.63, 3.8) is 0 Å². The van der Waals surface area contributed by atoms with Gasteiger partial charge < -0.3 is 4.74 Å². The summed E-state index contributed by atoms with van der Waals surface area (Å²) < 4.78 is 18.6. The molecule has 3 heteroatoms. The lowest BCUT2D eigenvalue weighted by atomic mass is 10.0. The molecule has 0 fully saturated rings. The van der Waals surface area contributed by atoms with Gasteiger partial charge in [0.15, 0.2) is 0 Å². The minimum Gasteiger partial charge on any atom is -0.497 e. The number of hydrogen-bond donors (Lipinski definition) is 0.